The minimum atomic E-state index is -0.934. The fourth-order valence-corrected chi connectivity index (χ4v) is 2.50. The van der Waals surface area contributed by atoms with E-state index in [4.69, 9.17) is 0 Å². The molecule has 2 rings (SSSR count). The summed E-state index contributed by atoms with van der Waals surface area (Å²) in [4.78, 5) is 25.9. The zero-order chi connectivity index (χ0) is 14.8. The van der Waals surface area contributed by atoms with Crippen LogP contribution in [0.2, 0.25) is 0 Å². The number of benzene rings is 1. The van der Waals surface area contributed by atoms with Crippen molar-refractivity contribution in [1.82, 2.24) is 10.2 Å². The van der Waals surface area contributed by atoms with Crippen molar-refractivity contribution in [1.29, 1.82) is 0 Å². The Morgan fingerprint density at radius 1 is 1.15 bits per heavy atom. The first-order valence-corrected chi connectivity index (χ1v) is 7.20. The van der Waals surface area contributed by atoms with Gasteiger partial charge in [0.1, 0.15) is 5.54 Å². The van der Waals surface area contributed by atoms with Crippen molar-refractivity contribution in [2.24, 2.45) is 0 Å². The third-order valence-electron chi connectivity index (χ3n) is 3.89. The molecule has 0 saturated carbocycles. The standard InChI is InChI=1S/C16H22N2O2/c1-4-5-6-11-18-14(19)16(3,17-15(18)20)13-9-7-12(2)8-10-13/h7-10H,4-6,11H2,1-3H3,(H,17,20)/t16-/m1/s1. The number of imide groups is 1. The minimum Gasteiger partial charge on any atom is -0.319 e. The summed E-state index contributed by atoms with van der Waals surface area (Å²) < 4.78 is 0. The Hall–Kier alpha value is -1.84. The molecule has 1 heterocycles. The minimum absolute atomic E-state index is 0.151. The molecule has 0 spiro atoms. The van der Waals surface area contributed by atoms with E-state index in [2.05, 4.69) is 12.2 Å². The third kappa shape index (κ3) is 2.55. The molecule has 108 valence electrons. The van der Waals surface area contributed by atoms with Crippen LogP contribution in [0.3, 0.4) is 0 Å². The van der Waals surface area contributed by atoms with Gasteiger partial charge in [0.25, 0.3) is 5.91 Å². The number of urea groups is 1. The van der Waals surface area contributed by atoms with Gasteiger partial charge in [0.2, 0.25) is 0 Å². The van der Waals surface area contributed by atoms with E-state index in [1.54, 1.807) is 6.92 Å². The monoisotopic (exact) mass is 274 g/mol. The second kappa shape index (κ2) is 5.65. The van der Waals surface area contributed by atoms with Crippen LogP contribution in [0.5, 0.6) is 0 Å². The summed E-state index contributed by atoms with van der Waals surface area (Å²) in [6.45, 7) is 6.37. The van der Waals surface area contributed by atoms with Crippen LogP contribution in [0.4, 0.5) is 4.79 Å². The van der Waals surface area contributed by atoms with Crippen molar-refractivity contribution in [3.05, 3.63) is 35.4 Å². The highest BCUT2D eigenvalue weighted by Crippen LogP contribution is 2.29. The van der Waals surface area contributed by atoms with E-state index < -0.39 is 5.54 Å². The second-order valence-electron chi connectivity index (χ2n) is 5.59. The van der Waals surface area contributed by atoms with Gasteiger partial charge in [0.15, 0.2) is 0 Å². The summed E-state index contributed by atoms with van der Waals surface area (Å²) in [7, 11) is 0. The third-order valence-corrected chi connectivity index (χ3v) is 3.89. The van der Waals surface area contributed by atoms with Crippen LogP contribution in [0.15, 0.2) is 24.3 Å². The molecule has 0 bridgehead atoms. The van der Waals surface area contributed by atoms with Crippen molar-refractivity contribution in [3.63, 3.8) is 0 Å². The Morgan fingerprint density at radius 3 is 2.40 bits per heavy atom. The van der Waals surface area contributed by atoms with E-state index >= 15 is 0 Å². The van der Waals surface area contributed by atoms with Gasteiger partial charge in [0, 0.05) is 6.54 Å². The topological polar surface area (TPSA) is 49.4 Å². The molecule has 1 aromatic rings. The van der Waals surface area contributed by atoms with Gasteiger partial charge in [-0.05, 0) is 25.8 Å². The Bertz CT molecular complexity index is 510. The number of hydrogen-bond donors (Lipinski definition) is 1. The Balaban J connectivity index is 2.19. The van der Waals surface area contributed by atoms with Crippen LogP contribution in [-0.2, 0) is 10.3 Å². The van der Waals surface area contributed by atoms with Crippen molar-refractivity contribution in [2.45, 2.75) is 45.6 Å². The molecule has 1 aliphatic rings. The number of hydrogen-bond acceptors (Lipinski definition) is 2. The van der Waals surface area contributed by atoms with Crippen LogP contribution < -0.4 is 5.32 Å². The summed E-state index contributed by atoms with van der Waals surface area (Å²) in [6.07, 6.45) is 2.96. The van der Waals surface area contributed by atoms with Gasteiger partial charge in [-0.2, -0.15) is 0 Å². The lowest BCUT2D eigenvalue weighted by Gasteiger charge is -2.22. The molecule has 0 aliphatic carbocycles. The van der Waals surface area contributed by atoms with E-state index in [9.17, 15) is 9.59 Å². The van der Waals surface area contributed by atoms with E-state index in [0.29, 0.717) is 6.54 Å². The van der Waals surface area contributed by atoms with E-state index in [1.165, 1.54) is 4.90 Å². The predicted molar refractivity (Wildman–Crippen MR) is 78.3 cm³/mol. The molecular formula is C16H22N2O2. The number of unbranched alkanes of at least 4 members (excludes halogenated alkanes) is 2. The van der Waals surface area contributed by atoms with Crippen LogP contribution in [0.1, 0.15) is 44.2 Å². The van der Waals surface area contributed by atoms with Gasteiger partial charge in [-0.15, -0.1) is 0 Å². The number of nitrogens with one attached hydrogen (secondary N) is 1. The fourth-order valence-electron chi connectivity index (χ4n) is 2.50. The molecule has 20 heavy (non-hydrogen) atoms. The predicted octanol–water partition coefficient (Wildman–Crippen LogP) is 2.95. The zero-order valence-corrected chi connectivity index (χ0v) is 12.4. The summed E-state index contributed by atoms with van der Waals surface area (Å²) in [5, 5.41) is 2.83. The Labute approximate surface area is 120 Å². The van der Waals surface area contributed by atoms with Gasteiger partial charge < -0.3 is 5.32 Å². The SMILES string of the molecule is CCCCCN1C(=O)N[C@](C)(c2ccc(C)cc2)C1=O. The molecule has 1 atom stereocenters. The highest BCUT2D eigenvalue weighted by Gasteiger charge is 2.48. The average Bonchev–Trinajstić information content (AvgIpc) is 2.64. The number of aryl methyl sites for hydroxylation is 1. The summed E-state index contributed by atoms with van der Waals surface area (Å²) in [6, 6.07) is 7.44. The molecular weight excluding hydrogens is 252 g/mol. The first-order valence-electron chi connectivity index (χ1n) is 7.20. The van der Waals surface area contributed by atoms with E-state index in [-0.39, 0.29) is 11.9 Å². The maximum atomic E-state index is 12.6. The van der Waals surface area contributed by atoms with Crippen LogP contribution in [0.25, 0.3) is 0 Å². The smallest absolute Gasteiger partial charge is 0.319 e. The van der Waals surface area contributed by atoms with Gasteiger partial charge in [-0.1, -0.05) is 49.6 Å². The lowest BCUT2D eigenvalue weighted by Crippen LogP contribution is -2.41. The van der Waals surface area contributed by atoms with Crippen molar-refractivity contribution in [2.75, 3.05) is 6.54 Å². The molecule has 1 N–H and O–H groups in total. The quantitative estimate of drug-likeness (QED) is 0.663. The van der Waals surface area contributed by atoms with Crippen molar-refractivity contribution < 1.29 is 9.59 Å². The normalized spacial score (nSPS) is 22.2. The van der Waals surface area contributed by atoms with E-state index in [1.807, 2.05) is 31.2 Å². The largest absolute Gasteiger partial charge is 0.325 e. The number of nitrogens with zero attached hydrogens (tertiary/aromatic N) is 1. The molecule has 1 aliphatic heterocycles. The number of carbonyl (C=O) groups is 2. The summed E-state index contributed by atoms with van der Waals surface area (Å²) in [5.41, 5.74) is 1.03. The second-order valence-corrected chi connectivity index (χ2v) is 5.59. The van der Waals surface area contributed by atoms with Gasteiger partial charge in [-0.3, -0.25) is 9.69 Å². The Kier molecular flexibility index (Phi) is 4.12. The molecule has 0 radical (unpaired) electrons. The zero-order valence-electron chi connectivity index (χ0n) is 12.4. The van der Waals surface area contributed by atoms with E-state index in [0.717, 1.165) is 30.4 Å². The van der Waals surface area contributed by atoms with Crippen LogP contribution in [0, 0.1) is 6.92 Å². The van der Waals surface area contributed by atoms with Gasteiger partial charge in [-0.25, -0.2) is 4.79 Å². The maximum absolute atomic E-state index is 12.6. The highest BCUT2D eigenvalue weighted by molar-refractivity contribution is 6.07. The van der Waals surface area contributed by atoms with Crippen molar-refractivity contribution >= 4 is 11.9 Å². The van der Waals surface area contributed by atoms with Crippen LogP contribution in [-0.4, -0.2) is 23.4 Å². The molecule has 3 amide bonds. The summed E-state index contributed by atoms with van der Waals surface area (Å²) in [5.74, 6) is -0.151. The molecule has 1 aromatic carbocycles. The van der Waals surface area contributed by atoms with Gasteiger partial charge in [0.05, 0.1) is 0 Å². The van der Waals surface area contributed by atoms with Crippen molar-refractivity contribution in [3.8, 4) is 0 Å². The lowest BCUT2D eigenvalue weighted by molar-refractivity contribution is -0.131. The molecule has 1 fully saturated rings. The maximum Gasteiger partial charge on any atom is 0.325 e. The first-order chi connectivity index (χ1) is 9.49. The van der Waals surface area contributed by atoms with Crippen LogP contribution >= 0.6 is 0 Å². The molecule has 4 heteroatoms. The molecule has 0 aromatic heterocycles. The number of rotatable bonds is 5. The first kappa shape index (κ1) is 14.6. The number of carbonyl (C=O) groups excluding carboxylic acids is 2. The lowest BCUT2D eigenvalue weighted by atomic mass is 9.91. The Morgan fingerprint density at radius 2 is 1.80 bits per heavy atom. The molecule has 1 saturated heterocycles. The highest BCUT2D eigenvalue weighted by atomic mass is 16.2. The molecule has 4 nitrogen and oxygen atoms in total. The summed E-state index contributed by atoms with van der Waals surface area (Å²) >= 11 is 0. The average molecular weight is 274 g/mol. The molecule has 0 unspecified atom stereocenters. The number of amides is 3. The fraction of sp³-hybridized carbons (Fsp3) is 0.500. The van der Waals surface area contributed by atoms with Gasteiger partial charge >= 0.3 is 6.03 Å².